The van der Waals surface area contributed by atoms with Gasteiger partial charge in [-0.15, -0.1) is 0 Å². The third kappa shape index (κ3) is 6.05. The van der Waals surface area contributed by atoms with Crippen LogP contribution < -0.4 is 20.7 Å². The molecule has 0 bridgehead atoms. The molecule has 3 aromatic carbocycles. The molecule has 0 aliphatic heterocycles. The number of hydrogen-bond acceptors (Lipinski definition) is 4. The van der Waals surface area contributed by atoms with Gasteiger partial charge in [-0.1, -0.05) is 12.1 Å². The number of anilines is 3. The molecule has 0 unspecified atom stereocenters. The first-order valence-electron chi connectivity index (χ1n) is 9.92. The molecule has 3 rings (SSSR count). The summed E-state index contributed by atoms with van der Waals surface area (Å²) >= 11 is 0. The maximum absolute atomic E-state index is 13.7. The van der Waals surface area contributed by atoms with E-state index >= 15 is 0 Å². The number of para-hydroxylation sites is 1. The second-order valence-electron chi connectivity index (χ2n) is 6.82. The standard InChI is InChI=1S/C24H24FN3O3/c1-3-31-20-14-12-19(13-15-20)27-24(30)17-8-10-18(11-9-17)26-16(2)23(29)28-22-7-5-4-6-21(22)25/h4-16,26H,3H2,1-2H3,(H,27,30)(H,28,29)/t16-/m1/s1. The smallest absolute Gasteiger partial charge is 0.255 e. The zero-order valence-electron chi connectivity index (χ0n) is 17.3. The van der Waals surface area contributed by atoms with E-state index in [0.717, 1.165) is 5.75 Å². The van der Waals surface area contributed by atoms with Crippen molar-refractivity contribution >= 4 is 28.9 Å². The van der Waals surface area contributed by atoms with Crippen molar-refractivity contribution in [2.24, 2.45) is 0 Å². The lowest BCUT2D eigenvalue weighted by molar-refractivity contribution is -0.116. The Hall–Kier alpha value is -3.87. The van der Waals surface area contributed by atoms with Crippen LogP contribution in [0.5, 0.6) is 5.75 Å². The van der Waals surface area contributed by atoms with Crippen LogP contribution >= 0.6 is 0 Å². The van der Waals surface area contributed by atoms with Crippen molar-refractivity contribution in [3.63, 3.8) is 0 Å². The van der Waals surface area contributed by atoms with E-state index in [2.05, 4.69) is 16.0 Å². The van der Waals surface area contributed by atoms with Gasteiger partial charge in [0.2, 0.25) is 5.91 Å². The molecule has 0 aromatic heterocycles. The molecule has 1 atom stereocenters. The molecule has 31 heavy (non-hydrogen) atoms. The van der Waals surface area contributed by atoms with E-state index in [1.807, 2.05) is 6.92 Å². The molecule has 6 nitrogen and oxygen atoms in total. The van der Waals surface area contributed by atoms with Gasteiger partial charge in [0, 0.05) is 16.9 Å². The molecular weight excluding hydrogens is 397 g/mol. The fourth-order valence-electron chi connectivity index (χ4n) is 2.84. The van der Waals surface area contributed by atoms with Crippen LogP contribution in [0.15, 0.2) is 72.8 Å². The van der Waals surface area contributed by atoms with Gasteiger partial charge in [-0.05, 0) is 74.5 Å². The quantitative estimate of drug-likeness (QED) is 0.483. The van der Waals surface area contributed by atoms with Gasteiger partial charge >= 0.3 is 0 Å². The normalized spacial score (nSPS) is 11.3. The van der Waals surface area contributed by atoms with Gasteiger partial charge in [-0.2, -0.15) is 0 Å². The number of ether oxygens (including phenoxy) is 1. The maximum Gasteiger partial charge on any atom is 0.255 e. The minimum Gasteiger partial charge on any atom is -0.494 e. The van der Waals surface area contributed by atoms with Gasteiger partial charge in [0.05, 0.1) is 12.3 Å². The molecule has 3 N–H and O–H groups in total. The van der Waals surface area contributed by atoms with Crippen LogP contribution in [0.1, 0.15) is 24.2 Å². The van der Waals surface area contributed by atoms with E-state index in [9.17, 15) is 14.0 Å². The molecule has 0 aliphatic rings. The minimum absolute atomic E-state index is 0.127. The van der Waals surface area contributed by atoms with Gasteiger partial charge < -0.3 is 20.7 Å². The first-order chi connectivity index (χ1) is 15.0. The van der Waals surface area contributed by atoms with E-state index < -0.39 is 11.9 Å². The number of rotatable bonds is 8. The summed E-state index contributed by atoms with van der Waals surface area (Å²) in [5, 5.41) is 8.41. The van der Waals surface area contributed by atoms with Gasteiger partial charge in [-0.25, -0.2) is 4.39 Å². The summed E-state index contributed by atoms with van der Waals surface area (Å²) < 4.78 is 19.1. The van der Waals surface area contributed by atoms with E-state index in [-0.39, 0.29) is 17.5 Å². The molecule has 7 heteroatoms. The second kappa shape index (κ2) is 10.2. The first-order valence-corrected chi connectivity index (χ1v) is 9.92. The van der Waals surface area contributed by atoms with Crippen LogP contribution in [0, 0.1) is 5.82 Å². The van der Waals surface area contributed by atoms with Crippen molar-refractivity contribution in [2.75, 3.05) is 22.6 Å². The zero-order valence-corrected chi connectivity index (χ0v) is 17.3. The van der Waals surface area contributed by atoms with E-state index in [1.165, 1.54) is 12.1 Å². The summed E-state index contributed by atoms with van der Waals surface area (Å²) in [5.74, 6) is -0.376. The Bertz CT molecular complexity index is 1040. The summed E-state index contributed by atoms with van der Waals surface area (Å²) in [4.78, 5) is 24.7. The lowest BCUT2D eigenvalue weighted by atomic mass is 10.1. The van der Waals surface area contributed by atoms with E-state index in [1.54, 1.807) is 67.6 Å². The number of hydrogen-bond donors (Lipinski definition) is 3. The first kappa shape index (κ1) is 21.8. The molecule has 160 valence electrons. The van der Waals surface area contributed by atoms with Crippen molar-refractivity contribution in [1.82, 2.24) is 0 Å². The summed E-state index contributed by atoms with van der Waals surface area (Å²) in [5.41, 5.74) is 1.92. The predicted octanol–water partition coefficient (Wildman–Crippen LogP) is 4.92. The number of carbonyl (C=O) groups excluding carboxylic acids is 2. The molecular formula is C24H24FN3O3. The highest BCUT2D eigenvalue weighted by Crippen LogP contribution is 2.18. The Morgan fingerprint density at radius 1 is 0.903 bits per heavy atom. The largest absolute Gasteiger partial charge is 0.494 e. The van der Waals surface area contributed by atoms with Crippen LogP contribution in [0.4, 0.5) is 21.5 Å². The lowest BCUT2D eigenvalue weighted by Gasteiger charge is -2.16. The fourth-order valence-corrected chi connectivity index (χ4v) is 2.84. The fraction of sp³-hybridized carbons (Fsp3) is 0.167. The SMILES string of the molecule is CCOc1ccc(NC(=O)c2ccc(N[C@H](C)C(=O)Nc3ccccc3F)cc2)cc1. The van der Waals surface area contributed by atoms with Crippen molar-refractivity contribution in [3.05, 3.63) is 84.2 Å². The Morgan fingerprint density at radius 3 is 2.19 bits per heavy atom. The molecule has 2 amide bonds. The number of benzene rings is 3. The average Bonchev–Trinajstić information content (AvgIpc) is 2.77. The highest BCUT2D eigenvalue weighted by atomic mass is 19.1. The molecule has 0 aliphatic carbocycles. The highest BCUT2D eigenvalue weighted by Gasteiger charge is 2.15. The Labute approximate surface area is 180 Å². The van der Waals surface area contributed by atoms with Crippen molar-refractivity contribution < 1.29 is 18.7 Å². The Kier molecular flexibility index (Phi) is 7.22. The number of halogens is 1. The average molecular weight is 421 g/mol. The molecule has 0 saturated heterocycles. The van der Waals surface area contributed by atoms with Gasteiger partial charge in [0.1, 0.15) is 17.6 Å². The van der Waals surface area contributed by atoms with Crippen molar-refractivity contribution in [1.29, 1.82) is 0 Å². The maximum atomic E-state index is 13.7. The molecule has 0 fully saturated rings. The molecule has 0 radical (unpaired) electrons. The molecule has 0 saturated carbocycles. The van der Waals surface area contributed by atoms with Gasteiger partial charge in [0.25, 0.3) is 5.91 Å². The van der Waals surface area contributed by atoms with Crippen LogP contribution in [0.3, 0.4) is 0 Å². The Balaban J connectivity index is 1.55. The second-order valence-corrected chi connectivity index (χ2v) is 6.82. The number of carbonyl (C=O) groups is 2. The third-order valence-corrected chi connectivity index (χ3v) is 4.48. The van der Waals surface area contributed by atoms with Crippen molar-refractivity contribution in [3.8, 4) is 5.75 Å². The Morgan fingerprint density at radius 2 is 1.55 bits per heavy atom. The molecule has 3 aromatic rings. The number of amides is 2. The third-order valence-electron chi connectivity index (χ3n) is 4.48. The highest BCUT2D eigenvalue weighted by molar-refractivity contribution is 6.04. The van der Waals surface area contributed by atoms with Crippen LogP contribution in [0.2, 0.25) is 0 Å². The minimum atomic E-state index is -0.608. The van der Waals surface area contributed by atoms with E-state index in [0.29, 0.717) is 23.5 Å². The van der Waals surface area contributed by atoms with Gasteiger partial charge in [-0.3, -0.25) is 9.59 Å². The van der Waals surface area contributed by atoms with Crippen LogP contribution in [0.25, 0.3) is 0 Å². The van der Waals surface area contributed by atoms with Crippen LogP contribution in [-0.4, -0.2) is 24.5 Å². The number of nitrogens with one attached hydrogen (secondary N) is 3. The lowest BCUT2D eigenvalue weighted by Crippen LogP contribution is -2.32. The molecule has 0 spiro atoms. The topological polar surface area (TPSA) is 79.5 Å². The van der Waals surface area contributed by atoms with Gasteiger partial charge in [0.15, 0.2) is 0 Å². The van der Waals surface area contributed by atoms with Crippen molar-refractivity contribution in [2.45, 2.75) is 19.9 Å². The summed E-state index contributed by atoms with van der Waals surface area (Å²) in [6.45, 7) is 4.16. The van der Waals surface area contributed by atoms with E-state index in [4.69, 9.17) is 4.74 Å². The predicted molar refractivity (Wildman–Crippen MR) is 120 cm³/mol. The summed E-state index contributed by atoms with van der Waals surface area (Å²) in [6, 6.07) is 19.2. The summed E-state index contributed by atoms with van der Waals surface area (Å²) in [7, 11) is 0. The zero-order chi connectivity index (χ0) is 22.2. The monoisotopic (exact) mass is 421 g/mol. The van der Waals surface area contributed by atoms with Crippen LogP contribution in [-0.2, 0) is 4.79 Å². The summed E-state index contributed by atoms with van der Waals surface area (Å²) in [6.07, 6.45) is 0. The molecule has 0 heterocycles.